The zero-order valence-electron chi connectivity index (χ0n) is 9.82. The van der Waals surface area contributed by atoms with Gasteiger partial charge in [-0.15, -0.1) is 0 Å². The molecule has 0 aromatic carbocycles. The Morgan fingerprint density at radius 1 is 1.17 bits per heavy atom. The van der Waals surface area contributed by atoms with Crippen LogP contribution >= 0.6 is 11.8 Å². The molecule has 1 aliphatic heterocycles. The van der Waals surface area contributed by atoms with Crippen LogP contribution in [-0.4, -0.2) is 28.0 Å². The topological polar surface area (TPSA) is 42.2 Å². The van der Waals surface area contributed by atoms with Crippen molar-refractivity contribution in [2.45, 2.75) is 16.8 Å². The van der Waals surface area contributed by atoms with Crippen molar-refractivity contribution in [2.24, 2.45) is 0 Å². The molecule has 0 aliphatic carbocycles. The summed E-state index contributed by atoms with van der Waals surface area (Å²) < 4.78 is 5.76. The van der Waals surface area contributed by atoms with Gasteiger partial charge in [0.1, 0.15) is 5.76 Å². The standard InChI is InChI=1S/C13H13N3OS/c1-2-9-16(8-1)10-11-4-5-12(17-11)18-13-14-6-3-7-15-13/h1-7H,8-10H2. The lowest BCUT2D eigenvalue weighted by atomic mass is 10.4. The van der Waals surface area contributed by atoms with E-state index in [0.29, 0.717) is 5.16 Å². The number of furan rings is 1. The molecule has 0 bridgehead atoms. The minimum atomic E-state index is 0.709. The van der Waals surface area contributed by atoms with Gasteiger partial charge in [-0.05, 0) is 30.0 Å². The quantitative estimate of drug-likeness (QED) is 0.623. The van der Waals surface area contributed by atoms with Gasteiger partial charge in [-0.3, -0.25) is 4.90 Å². The first-order valence-electron chi connectivity index (χ1n) is 5.81. The maximum Gasteiger partial charge on any atom is 0.195 e. The normalized spacial score (nSPS) is 15.3. The number of nitrogens with zero attached hydrogens (tertiary/aromatic N) is 3. The highest BCUT2D eigenvalue weighted by Gasteiger charge is 2.11. The molecule has 18 heavy (non-hydrogen) atoms. The zero-order chi connectivity index (χ0) is 12.2. The van der Waals surface area contributed by atoms with Crippen LogP contribution in [0, 0.1) is 0 Å². The number of aromatic nitrogens is 2. The maximum atomic E-state index is 5.76. The van der Waals surface area contributed by atoms with Crippen LogP contribution in [-0.2, 0) is 6.54 Å². The molecule has 0 spiro atoms. The van der Waals surface area contributed by atoms with Crippen LogP contribution in [0.5, 0.6) is 0 Å². The van der Waals surface area contributed by atoms with Gasteiger partial charge in [0.15, 0.2) is 10.2 Å². The molecule has 0 N–H and O–H groups in total. The Labute approximate surface area is 110 Å². The summed E-state index contributed by atoms with van der Waals surface area (Å²) in [5.74, 6) is 0.983. The van der Waals surface area contributed by atoms with Crippen LogP contribution in [0.25, 0.3) is 0 Å². The van der Waals surface area contributed by atoms with E-state index in [2.05, 4.69) is 27.0 Å². The molecule has 0 unspecified atom stereocenters. The minimum absolute atomic E-state index is 0.709. The molecular formula is C13H13N3OS. The van der Waals surface area contributed by atoms with Gasteiger partial charge < -0.3 is 4.42 Å². The molecule has 3 heterocycles. The van der Waals surface area contributed by atoms with Gasteiger partial charge in [0, 0.05) is 25.5 Å². The zero-order valence-corrected chi connectivity index (χ0v) is 10.6. The summed E-state index contributed by atoms with van der Waals surface area (Å²) >= 11 is 1.44. The number of hydrogen-bond donors (Lipinski definition) is 0. The predicted molar refractivity (Wildman–Crippen MR) is 69.3 cm³/mol. The third-order valence-corrected chi connectivity index (χ3v) is 3.46. The molecule has 3 rings (SSSR count). The number of hydrogen-bond acceptors (Lipinski definition) is 5. The summed E-state index contributed by atoms with van der Waals surface area (Å²) in [4.78, 5) is 10.6. The van der Waals surface area contributed by atoms with E-state index in [-0.39, 0.29) is 0 Å². The molecule has 92 valence electrons. The van der Waals surface area contributed by atoms with E-state index in [0.717, 1.165) is 30.5 Å². The van der Waals surface area contributed by atoms with E-state index in [1.54, 1.807) is 18.5 Å². The molecule has 0 amide bonds. The highest BCUT2D eigenvalue weighted by molar-refractivity contribution is 7.99. The molecule has 4 nitrogen and oxygen atoms in total. The summed E-state index contributed by atoms with van der Waals surface area (Å²) in [5.41, 5.74) is 0. The van der Waals surface area contributed by atoms with Crippen LogP contribution in [0.1, 0.15) is 5.76 Å². The molecule has 2 aromatic rings. The van der Waals surface area contributed by atoms with Crippen molar-refractivity contribution < 1.29 is 4.42 Å². The Bertz CT molecular complexity index is 530. The average molecular weight is 259 g/mol. The van der Waals surface area contributed by atoms with Crippen LogP contribution in [0.3, 0.4) is 0 Å². The van der Waals surface area contributed by atoms with E-state index in [1.807, 2.05) is 12.1 Å². The Balaban J connectivity index is 1.62. The Morgan fingerprint density at radius 2 is 1.94 bits per heavy atom. The van der Waals surface area contributed by atoms with Crippen LogP contribution in [0.4, 0.5) is 0 Å². The highest BCUT2D eigenvalue weighted by atomic mass is 32.2. The third kappa shape index (κ3) is 2.80. The largest absolute Gasteiger partial charge is 0.453 e. The second-order valence-corrected chi connectivity index (χ2v) is 4.99. The fourth-order valence-electron chi connectivity index (χ4n) is 1.80. The first-order valence-corrected chi connectivity index (χ1v) is 6.63. The Hall–Kier alpha value is -1.59. The van der Waals surface area contributed by atoms with Gasteiger partial charge in [-0.25, -0.2) is 9.97 Å². The van der Waals surface area contributed by atoms with Gasteiger partial charge in [0.25, 0.3) is 0 Å². The van der Waals surface area contributed by atoms with E-state index >= 15 is 0 Å². The van der Waals surface area contributed by atoms with Crippen molar-refractivity contribution in [1.29, 1.82) is 0 Å². The molecule has 0 atom stereocenters. The van der Waals surface area contributed by atoms with Gasteiger partial charge >= 0.3 is 0 Å². The van der Waals surface area contributed by atoms with Crippen molar-refractivity contribution in [3.63, 3.8) is 0 Å². The molecule has 5 heteroatoms. The van der Waals surface area contributed by atoms with E-state index in [4.69, 9.17) is 4.42 Å². The summed E-state index contributed by atoms with van der Waals surface area (Å²) in [6.07, 6.45) is 7.82. The van der Waals surface area contributed by atoms with Gasteiger partial charge in [-0.2, -0.15) is 0 Å². The minimum Gasteiger partial charge on any atom is -0.453 e. The van der Waals surface area contributed by atoms with Gasteiger partial charge in [0.2, 0.25) is 0 Å². The summed E-state index contributed by atoms with van der Waals surface area (Å²) in [6.45, 7) is 2.86. The maximum absolute atomic E-state index is 5.76. The summed E-state index contributed by atoms with van der Waals surface area (Å²) in [7, 11) is 0. The SMILES string of the molecule is C1=CCN(Cc2ccc(Sc3ncccn3)o2)C1. The van der Waals surface area contributed by atoms with Gasteiger partial charge in [-0.1, -0.05) is 12.2 Å². The molecule has 2 aromatic heterocycles. The van der Waals surface area contributed by atoms with Crippen molar-refractivity contribution >= 4 is 11.8 Å². The van der Waals surface area contributed by atoms with Crippen molar-refractivity contribution in [1.82, 2.24) is 14.9 Å². The van der Waals surface area contributed by atoms with Crippen LogP contribution < -0.4 is 0 Å². The fourth-order valence-corrected chi connectivity index (χ4v) is 2.49. The summed E-state index contributed by atoms with van der Waals surface area (Å²) in [6, 6.07) is 5.79. The molecule has 0 saturated carbocycles. The van der Waals surface area contributed by atoms with Crippen LogP contribution in [0.15, 0.2) is 57.4 Å². The lowest BCUT2D eigenvalue weighted by molar-refractivity contribution is 0.295. The van der Waals surface area contributed by atoms with Gasteiger partial charge in [0.05, 0.1) is 6.54 Å². The molecular weight excluding hydrogens is 246 g/mol. The van der Waals surface area contributed by atoms with E-state index in [1.165, 1.54) is 11.8 Å². The van der Waals surface area contributed by atoms with E-state index < -0.39 is 0 Å². The smallest absolute Gasteiger partial charge is 0.195 e. The third-order valence-electron chi connectivity index (χ3n) is 2.64. The molecule has 0 saturated heterocycles. The molecule has 1 aliphatic rings. The Kier molecular flexibility index (Phi) is 3.43. The fraction of sp³-hybridized carbons (Fsp3) is 0.231. The van der Waals surface area contributed by atoms with Crippen molar-refractivity contribution in [3.05, 3.63) is 48.5 Å². The number of rotatable bonds is 4. The monoisotopic (exact) mass is 259 g/mol. The Morgan fingerprint density at radius 3 is 2.72 bits per heavy atom. The van der Waals surface area contributed by atoms with Crippen molar-refractivity contribution in [2.75, 3.05) is 13.1 Å². The highest BCUT2D eigenvalue weighted by Crippen LogP contribution is 2.26. The van der Waals surface area contributed by atoms with E-state index in [9.17, 15) is 0 Å². The lowest BCUT2D eigenvalue weighted by Gasteiger charge is -2.11. The second-order valence-electron chi connectivity index (χ2n) is 4.02. The molecule has 0 fully saturated rings. The average Bonchev–Trinajstić information content (AvgIpc) is 3.03. The first kappa shape index (κ1) is 11.5. The molecule has 0 radical (unpaired) electrons. The van der Waals surface area contributed by atoms with Crippen molar-refractivity contribution in [3.8, 4) is 0 Å². The first-order chi connectivity index (χ1) is 8.90. The summed E-state index contributed by atoms with van der Waals surface area (Å²) in [5, 5.41) is 1.55. The van der Waals surface area contributed by atoms with Crippen LogP contribution in [0.2, 0.25) is 0 Å². The lowest BCUT2D eigenvalue weighted by Crippen LogP contribution is -2.18. The second kappa shape index (κ2) is 5.37. The predicted octanol–water partition coefficient (Wildman–Crippen LogP) is 2.59.